The average Bonchev–Trinajstić information content (AvgIpc) is 1.57. The van der Waals surface area contributed by atoms with Gasteiger partial charge in [0.1, 0.15) is 12.6 Å². The van der Waals surface area contributed by atoms with Gasteiger partial charge in [-0.25, -0.2) is 0 Å². The molecule has 0 spiro atoms. The van der Waals surface area contributed by atoms with Crippen LogP contribution in [0.4, 0.5) is 52.7 Å². The van der Waals surface area contributed by atoms with Crippen molar-refractivity contribution in [2.45, 2.75) is 68.6 Å². The summed E-state index contributed by atoms with van der Waals surface area (Å²) < 4.78 is 193. The molecule has 0 bridgehead atoms. The van der Waals surface area contributed by atoms with E-state index in [4.69, 9.17) is 0 Å². The summed E-state index contributed by atoms with van der Waals surface area (Å²) in [4.78, 5) is 24.3. The molecule has 87 heavy (non-hydrogen) atoms. The molecule has 6 aromatic carbocycles. The lowest BCUT2D eigenvalue weighted by molar-refractivity contribution is -0.254. The van der Waals surface area contributed by atoms with E-state index < -0.39 is 85.5 Å². The van der Waals surface area contributed by atoms with Crippen molar-refractivity contribution < 1.29 is 62.3 Å². The smallest absolute Gasteiger partial charge is 0.298 e. The minimum absolute atomic E-state index is 0.0899. The number of halogens is 12. The molecule has 0 amide bonds. The topological polar surface area (TPSA) is 34.1 Å². The Hall–Kier alpha value is -7.90. The molecular weight excluding hydrogens is 1220 g/mol. The molecule has 0 unspecified atom stereocenters. The summed E-state index contributed by atoms with van der Waals surface area (Å²) in [6.07, 6.45) is 1.22. The number of aldehydes is 2. The first-order chi connectivity index (χ1) is 41.2. The lowest BCUT2D eigenvalue weighted by atomic mass is 9.67. The average molecular weight is 1260 g/mol. The number of benzene rings is 6. The molecule has 4 heterocycles. The van der Waals surface area contributed by atoms with Crippen molar-refractivity contribution in [2.24, 2.45) is 0 Å². The predicted octanol–water partition coefficient (Wildman–Crippen LogP) is 21.5. The third-order valence-electron chi connectivity index (χ3n) is 16.9. The molecule has 4 aromatic heterocycles. The van der Waals surface area contributed by atoms with Crippen LogP contribution in [0.3, 0.4) is 0 Å². The highest BCUT2D eigenvalue weighted by Gasteiger charge is 2.82. The van der Waals surface area contributed by atoms with Gasteiger partial charge >= 0.3 is 35.5 Å². The van der Waals surface area contributed by atoms with Crippen LogP contribution in [0.5, 0.6) is 0 Å². The van der Waals surface area contributed by atoms with Gasteiger partial charge in [0.05, 0.1) is 5.41 Å². The molecule has 13 rings (SSSR count). The second-order valence-corrected chi connectivity index (χ2v) is 26.8. The third-order valence-corrected chi connectivity index (χ3v) is 21.3. The summed E-state index contributed by atoms with van der Waals surface area (Å²) in [6.45, 7) is 5.61. The van der Waals surface area contributed by atoms with Crippen molar-refractivity contribution >= 4 is 80.2 Å². The highest BCUT2D eigenvalue weighted by atomic mass is 32.1. The van der Waals surface area contributed by atoms with Crippen LogP contribution in [0.2, 0.25) is 0 Å². The molecule has 3 aliphatic carbocycles. The predicted molar refractivity (Wildman–Crippen MR) is 323 cm³/mol. The number of thiophene rings is 4. The van der Waals surface area contributed by atoms with Gasteiger partial charge in [-0.15, -0.1) is 45.3 Å². The Labute approximate surface area is 506 Å². The fourth-order valence-electron chi connectivity index (χ4n) is 12.6. The Bertz CT molecular complexity index is 4250. The van der Waals surface area contributed by atoms with Gasteiger partial charge in [-0.3, -0.25) is 9.59 Å². The highest BCUT2D eigenvalue weighted by Crippen LogP contribution is 2.68. The number of hydrogen-bond donors (Lipinski definition) is 0. The van der Waals surface area contributed by atoms with E-state index in [9.17, 15) is 9.59 Å². The van der Waals surface area contributed by atoms with Crippen molar-refractivity contribution in [1.82, 2.24) is 0 Å². The van der Waals surface area contributed by atoms with E-state index in [0.29, 0.717) is 76.6 Å². The molecule has 0 fully saturated rings. The van der Waals surface area contributed by atoms with Crippen molar-refractivity contribution in [2.75, 3.05) is 0 Å². The van der Waals surface area contributed by atoms with E-state index in [1.807, 2.05) is 72.8 Å². The van der Waals surface area contributed by atoms with Gasteiger partial charge in [0.15, 0.2) is 0 Å². The van der Waals surface area contributed by atoms with E-state index in [0.717, 1.165) is 67.6 Å². The lowest BCUT2D eigenvalue weighted by Crippen LogP contribution is -2.48. The molecular formula is C69H42F12O2S4. The fraction of sp³-hybridized carbons (Fsp3) is 0.159. The van der Waals surface area contributed by atoms with Gasteiger partial charge < -0.3 is 0 Å². The van der Waals surface area contributed by atoms with E-state index in [1.54, 1.807) is 48.5 Å². The quantitative estimate of drug-likeness (QED) is 0.0902. The molecule has 18 heteroatoms. The third kappa shape index (κ3) is 8.25. The summed E-state index contributed by atoms with van der Waals surface area (Å²) in [5.41, 5.74) is -1.33. The standard InChI is InChI=1S/C69H42F12O2S4/c1-35-49(29-55(84-35)41-17-13-39(33-82)14-18-41)59-61(66(74,75)68(78,79)64(59,70)71)51-31-57(86-37(51)3)43-21-25-45(26-22-43)63(53-11-7-5-9-47(53)48-10-6-8-12-54(48)63)46-27-23-44(24-28-46)58-32-52(38(4)87-58)62-60(65(72,73)69(80,81)67(62,76)77)50-30-56(85-36(50)2)42-19-15-40(34-83)16-20-42/h5-34H,1-4H3. The first-order valence-electron chi connectivity index (χ1n) is 26.9. The van der Waals surface area contributed by atoms with Crippen molar-refractivity contribution in [1.29, 1.82) is 0 Å². The van der Waals surface area contributed by atoms with Gasteiger partial charge in [-0.1, -0.05) is 146 Å². The summed E-state index contributed by atoms with van der Waals surface area (Å²) in [7, 11) is 0. The van der Waals surface area contributed by atoms with Crippen LogP contribution in [-0.2, 0) is 5.41 Å². The van der Waals surface area contributed by atoms with Crippen LogP contribution in [0.15, 0.2) is 170 Å². The summed E-state index contributed by atoms with van der Waals surface area (Å²) in [5.74, 6) is -32.8. The molecule has 0 N–H and O–H groups in total. The Balaban J connectivity index is 0.895. The van der Waals surface area contributed by atoms with Crippen molar-refractivity contribution in [3.05, 3.63) is 245 Å². The molecule has 0 atom stereocenters. The molecule has 0 radical (unpaired) electrons. The van der Waals surface area contributed by atoms with Crippen LogP contribution in [0, 0.1) is 27.7 Å². The van der Waals surface area contributed by atoms with Crippen molar-refractivity contribution in [3.63, 3.8) is 0 Å². The van der Waals surface area contributed by atoms with Crippen LogP contribution in [0.1, 0.15) is 84.7 Å². The Morgan fingerprint density at radius 1 is 0.310 bits per heavy atom. The normalized spacial score (nSPS) is 18.1. The molecule has 0 saturated heterocycles. The second-order valence-electron chi connectivity index (χ2n) is 21.7. The Kier molecular flexibility index (Phi) is 13.4. The maximum absolute atomic E-state index is 16.3. The number of fused-ring (bicyclic) bond motifs is 3. The number of rotatable bonds is 12. The number of allylic oxidation sites excluding steroid dienone is 4. The summed E-state index contributed by atoms with van der Waals surface area (Å²) in [6, 6.07) is 46.7. The molecule has 10 aromatic rings. The first-order valence-corrected chi connectivity index (χ1v) is 30.2. The zero-order chi connectivity index (χ0) is 61.7. The Morgan fingerprint density at radius 2 is 0.552 bits per heavy atom. The van der Waals surface area contributed by atoms with E-state index in [2.05, 4.69) is 0 Å². The minimum Gasteiger partial charge on any atom is -0.298 e. The highest BCUT2D eigenvalue weighted by molar-refractivity contribution is 7.16. The van der Waals surface area contributed by atoms with Crippen LogP contribution >= 0.6 is 45.3 Å². The van der Waals surface area contributed by atoms with E-state index in [1.165, 1.54) is 76.2 Å². The molecule has 0 aliphatic heterocycles. The van der Waals surface area contributed by atoms with Crippen LogP contribution in [-0.4, -0.2) is 48.1 Å². The number of hydrogen-bond acceptors (Lipinski definition) is 6. The molecule has 0 saturated carbocycles. The molecule has 2 nitrogen and oxygen atoms in total. The fourth-order valence-corrected chi connectivity index (χ4v) is 16.7. The zero-order valence-electron chi connectivity index (χ0n) is 45.8. The minimum atomic E-state index is -5.80. The molecule has 3 aliphatic rings. The SMILES string of the molecule is Cc1sc(-c2ccc(C=O)cc2)cc1C1=C(c2cc(-c3ccc(C4(c5ccc(-c6cc(C7=C(c8cc(-c9ccc(C=O)cc9)sc8C)C(F)(F)C(F)(F)C7(F)F)c(C)s6)cc5)c5ccccc5-c5ccccc54)cc3)sc2C)C(F)(F)C(F)(F)C1(F)F. The maximum atomic E-state index is 16.3. The van der Waals surface area contributed by atoms with Crippen molar-refractivity contribution in [3.8, 4) is 52.9 Å². The Morgan fingerprint density at radius 3 is 0.805 bits per heavy atom. The van der Waals surface area contributed by atoms with Gasteiger partial charge in [0.25, 0.3) is 0 Å². The largest absolute Gasteiger partial charge is 0.380 e. The maximum Gasteiger partial charge on any atom is 0.380 e. The van der Waals surface area contributed by atoms with Gasteiger partial charge in [-0.2, -0.15) is 52.7 Å². The number of alkyl halides is 12. The molecule has 438 valence electrons. The van der Waals surface area contributed by atoms with Crippen LogP contribution < -0.4 is 0 Å². The number of carbonyl (C=O) groups is 2. The van der Waals surface area contributed by atoms with Gasteiger partial charge in [-0.05, 0) is 130 Å². The monoisotopic (exact) mass is 1260 g/mol. The van der Waals surface area contributed by atoms with Crippen LogP contribution in [0.25, 0.3) is 75.2 Å². The number of carbonyl (C=O) groups excluding carboxylic acids is 2. The summed E-state index contributed by atoms with van der Waals surface area (Å²) in [5, 5.41) is 0. The van der Waals surface area contributed by atoms with E-state index >= 15 is 52.7 Å². The van der Waals surface area contributed by atoms with E-state index in [-0.39, 0.29) is 19.5 Å². The summed E-state index contributed by atoms with van der Waals surface area (Å²) >= 11 is 3.88. The van der Waals surface area contributed by atoms with Gasteiger partial charge in [0, 0.05) is 72.4 Å². The zero-order valence-corrected chi connectivity index (χ0v) is 49.1. The lowest BCUT2D eigenvalue weighted by Gasteiger charge is -2.34. The van der Waals surface area contributed by atoms with Gasteiger partial charge in [0.2, 0.25) is 0 Å². The first kappa shape index (κ1) is 58.1. The number of aryl methyl sites for hydroxylation is 4. The second kappa shape index (κ2) is 20.1.